The molecule has 6 nitrogen and oxygen atoms in total. The minimum Gasteiger partial charge on any atom is -0.497 e. The minimum absolute atomic E-state index is 0.298. The highest BCUT2D eigenvalue weighted by atomic mass is 16.7. The molecule has 1 saturated heterocycles. The highest BCUT2D eigenvalue weighted by molar-refractivity contribution is 5.26. The van der Waals surface area contributed by atoms with Crippen LogP contribution in [0.25, 0.3) is 0 Å². The molecule has 6 heteroatoms. The summed E-state index contributed by atoms with van der Waals surface area (Å²) in [6.45, 7) is 3.86. The molecule has 0 radical (unpaired) electrons. The second-order valence-corrected chi connectivity index (χ2v) is 5.42. The number of methoxy groups -OCH3 is 1. The lowest BCUT2D eigenvalue weighted by Gasteiger charge is -2.40. The summed E-state index contributed by atoms with van der Waals surface area (Å²) in [4.78, 5) is 0. The molecule has 1 aliphatic rings. The summed E-state index contributed by atoms with van der Waals surface area (Å²) in [7, 11) is 1.61. The molecule has 0 bridgehead atoms. The third-order valence-electron chi connectivity index (χ3n) is 3.73. The molecular weight excluding hydrogens is 300 g/mol. The van der Waals surface area contributed by atoms with Gasteiger partial charge in [0, 0.05) is 0 Å². The molecule has 0 unspecified atom stereocenters. The van der Waals surface area contributed by atoms with Gasteiger partial charge in [0.15, 0.2) is 0 Å². The summed E-state index contributed by atoms with van der Waals surface area (Å²) < 4.78 is 21.7. The number of ether oxygens (including phenoxy) is 4. The van der Waals surface area contributed by atoms with E-state index in [4.69, 9.17) is 18.9 Å². The number of aliphatic hydroxyl groups excluding tert-OH is 2. The van der Waals surface area contributed by atoms with Crippen LogP contribution in [0.15, 0.2) is 36.6 Å². The van der Waals surface area contributed by atoms with Crippen LogP contribution in [0.1, 0.15) is 19.4 Å². The average Bonchev–Trinajstić information content (AvgIpc) is 2.57. The Hall–Kier alpha value is -1.60. The predicted octanol–water partition coefficient (Wildman–Crippen LogP) is 1.60. The van der Waals surface area contributed by atoms with Gasteiger partial charge in [-0.2, -0.15) is 0 Å². The Balaban J connectivity index is 1.94. The van der Waals surface area contributed by atoms with Crippen molar-refractivity contribution in [1.82, 2.24) is 0 Å². The fraction of sp³-hybridized carbons (Fsp3) is 0.529. The molecule has 5 atom stereocenters. The van der Waals surface area contributed by atoms with Crippen molar-refractivity contribution in [2.45, 2.75) is 51.2 Å². The van der Waals surface area contributed by atoms with E-state index in [0.29, 0.717) is 6.61 Å². The maximum atomic E-state index is 10.3. The Morgan fingerprint density at radius 3 is 2.48 bits per heavy atom. The molecule has 128 valence electrons. The number of aliphatic hydroxyl groups is 2. The molecule has 2 N–H and O–H groups in total. The first-order valence-electron chi connectivity index (χ1n) is 7.59. The van der Waals surface area contributed by atoms with Crippen LogP contribution in [0.3, 0.4) is 0 Å². The van der Waals surface area contributed by atoms with Crippen LogP contribution in [-0.2, 0) is 20.8 Å². The van der Waals surface area contributed by atoms with Crippen molar-refractivity contribution in [3.05, 3.63) is 42.2 Å². The molecule has 23 heavy (non-hydrogen) atoms. The van der Waals surface area contributed by atoms with E-state index in [1.165, 1.54) is 6.26 Å². The molecule has 1 fully saturated rings. The second-order valence-electron chi connectivity index (χ2n) is 5.42. The van der Waals surface area contributed by atoms with Gasteiger partial charge in [0.1, 0.15) is 24.1 Å². The monoisotopic (exact) mass is 324 g/mol. The summed E-state index contributed by atoms with van der Waals surface area (Å²) in [6, 6.07) is 7.44. The molecule has 1 aromatic rings. The maximum Gasteiger partial charge on any atom is 0.228 e. The molecule has 2 rings (SSSR count). The number of benzene rings is 1. The molecule has 0 aliphatic carbocycles. The molecule has 1 heterocycles. The standard InChI is InChI=1S/C17H24O6/c1-4-9-21-17-15(19)14(18)16(11(2)23-17)22-10-12-5-7-13(20-3)8-6-12/h4-9,11,14-19H,10H2,1-3H3/b9-4+/t11-,14-,15+,16-,17+/m0/s1. The van der Waals surface area contributed by atoms with E-state index in [0.717, 1.165) is 11.3 Å². The van der Waals surface area contributed by atoms with Gasteiger partial charge in [-0.25, -0.2) is 0 Å². The topological polar surface area (TPSA) is 77.4 Å². The van der Waals surface area contributed by atoms with Crippen molar-refractivity contribution in [2.75, 3.05) is 7.11 Å². The van der Waals surface area contributed by atoms with Crippen molar-refractivity contribution < 1.29 is 29.2 Å². The summed E-state index contributed by atoms with van der Waals surface area (Å²) >= 11 is 0. The van der Waals surface area contributed by atoms with Crippen LogP contribution < -0.4 is 4.74 Å². The first-order chi connectivity index (χ1) is 11.1. The molecule has 0 aromatic heterocycles. The van der Waals surface area contributed by atoms with E-state index >= 15 is 0 Å². The normalized spacial score (nSPS) is 31.3. The molecule has 0 saturated carbocycles. The van der Waals surface area contributed by atoms with Crippen LogP contribution in [0.2, 0.25) is 0 Å². The quantitative estimate of drug-likeness (QED) is 0.774. The van der Waals surface area contributed by atoms with Gasteiger partial charge < -0.3 is 29.2 Å². The van der Waals surface area contributed by atoms with E-state index in [2.05, 4.69) is 0 Å². The van der Waals surface area contributed by atoms with Crippen molar-refractivity contribution in [2.24, 2.45) is 0 Å². The van der Waals surface area contributed by atoms with Gasteiger partial charge in [-0.1, -0.05) is 18.2 Å². The van der Waals surface area contributed by atoms with Crippen LogP contribution in [-0.4, -0.2) is 48.0 Å². The smallest absolute Gasteiger partial charge is 0.228 e. The zero-order valence-corrected chi connectivity index (χ0v) is 13.6. The zero-order chi connectivity index (χ0) is 16.8. The largest absolute Gasteiger partial charge is 0.497 e. The van der Waals surface area contributed by atoms with E-state index in [9.17, 15) is 10.2 Å². The number of hydrogen-bond donors (Lipinski definition) is 2. The average molecular weight is 324 g/mol. The highest BCUT2D eigenvalue weighted by Gasteiger charge is 2.44. The molecule has 0 amide bonds. The summed E-state index contributed by atoms with van der Waals surface area (Å²) in [6.07, 6.45) is -1.13. The van der Waals surface area contributed by atoms with Gasteiger partial charge in [0.05, 0.1) is 26.1 Å². The van der Waals surface area contributed by atoms with Gasteiger partial charge in [-0.05, 0) is 31.5 Å². The number of rotatable bonds is 6. The highest BCUT2D eigenvalue weighted by Crippen LogP contribution is 2.25. The van der Waals surface area contributed by atoms with Gasteiger partial charge in [-0.3, -0.25) is 0 Å². The molecule has 1 aliphatic heterocycles. The van der Waals surface area contributed by atoms with Crippen molar-refractivity contribution in [3.8, 4) is 5.75 Å². The maximum absolute atomic E-state index is 10.3. The lowest BCUT2D eigenvalue weighted by atomic mass is 9.99. The number of hydrogen-bond acceptors (Lipinski definition) is 6. The predicted molar refractivity (Wildman–Crippen MR) is 83.8 cm³/mol. The Morgan fingerprint density at radius 1 is 1.17 bits per heavy atom. The van der Waals surface area contributed by atoms with Crippen molar-refractivity contribution >= 4 is 0 Å². The van der Waals surface area contributed by atoms with Gasteiger partial charge in [0.25, 0.3) is 0 Å². The minimum atomic E-state index is -1.18. The molecule has 1 aromatic carbocycles. The number of allylic oxidation sites excluding steroid dienone is 1. The van der Waals surface area contributed by atoms with Gasteiger partial charge in [-0.15, -0.1) is 0 Å². The Labute approximate surface area is 136 Å². The fourth-order valence-corrected chi connectivity index (χ4v) is 2.42. The third-order valence-corrected chi connectivity index (χ3v) is 3.73. The zero-order valence-electron chi connectivity index (χ0n) is 13.6. The Morgan fingerprint density at radius 2 is 1.87 bits per heavy atom. The van der Waals surface area contributed by atoms with E-state index in [-0.39, 0.29) is 0 Å². The van der Waals surface area contributed by atoms with Crippen LogP contribution in [0, 0.1) is 0 Å². The summed E-state index contributed by atoms with van der Waals surface area (Å²) in [5, 5.41) is 20.3. The van der Waals surface area contributed by atoms with Crippen LogP contribution in [0.4, 0.5) is 0 Å². The van der Waals surface area contributed by atoms with E-state index < -0.39 is 30.7 Å². The first kappa shape index (κ1) is 17.7. The van der Waals surface area contributed by atoms with E-state index in [1.807, 2.05) is 24.3 Å². The Bertz CT molecular complexity index is 500. The molecule has 0 spiro atoms. The lowest BCUT2D eigenvalue weighted by molar-refractivity contribution is -0.288. The van der Waals surface area contributed by atoms with Crippen LogP contribution >= 0.6 is 0 Å². The summed E-state index contributed by atoms with van der Waals surface area (Å²) in [5.41, 5.74) is 0.937. The summed E-state index contributed by atoms with van der Waals surface area (Å²) in [5.74, 6) is 0.766. The SMILES string of the molecule is C/C=C/O[C@@H]1O[C@@H](C)[C@H](OCc2ccc(OC)cc2)[C@@H](O)[C@H]1O. The van der Waals surface area contributed by atoms with Crippen molar-refractivity contribution in [1.29, 1.82) is 0 Å². The van der Waals surface area contributed by atoms with Crippen molar-refractivity contribution in [3.63, 3.8) is 0 Å². The Kier molecular flexibility index (Phi) is 6.41. The van der Waals surface area contributed by atoms with Crippen LogP contribution in [0.5, 0.6) is 5.75 Å². The van der Waals surface area contributed by atoms with Gasteiger partial charge in [0.2, 0.25) is 6.29 Å². The third kappa shape index (κ3) is 4.45. The lowest BCUT2D eigenvalue weighted by Crippen LogP contribution is -2.57. The second kappa shape index (κ2) is 8.31. The fourth-order valence-electron chi connectivity index (χ4n) is 2.42. The van der Waals surface area contributed by atoms with E-state index in [1.54, 1.807) is 27.0 Å². The molecular formula is C17H24O6. The van der Waals surface area contributed by atoms with Gasteiger partial charge >= 0.3 is 0 Å². The first-order valence-corrected chi connectivity index (χ1v) is 7.59.